The van der Waals surface area contributed by atoms with Gasteiger partial charge in [0.2, 0.25) is 0 Å². The average molecular weight is 542 g/mol. The zero-order valence-electron chi connectivity index (χ0n) is 17.4. The van der Waals surface area contributed by atoms with Gasteiger partial charge in [-0.1, -0.05) is 11.8 Å². The summed E-state index contributed by atoms with van der Waals surface area (Å²) in [6.45, 7) is 12.2. The van der Waals surface area contributed by atoms with Crippen LogP contribution in [0.4, 0.5) is 0 Å². The zero-order valence-corrected chi connectivity index (χ0v) is 21.3. The molecule has 0 unspecified atom stereocenters. The number of guanidine groups is 1. The molecule has 162 valence electrons. The molecule has 0 amide bonds. The monoisotopic (exact) mass is 541 g/mol. The van der Waals surface area contributed by atoms with E-state index in [0.29, 0.717) is 12.1 Å². The highest BCUT2D eigenvalue weighted by Crippen LogP contribution is 2.20. The van der Waals surface area contributed by atoms with Crippen molar-refractivity contribution >= 4 is 53.0 Å². The Bertz CT molecular complexity index is 522. The van der Waals surface area contributed by atoms with E-state index >= 15 is 0 Å². The van der Waals surface area contributed by atoms with Gasteiger partial charge in [0.05, 0.1) is 12.7 Å². The molecule has 1 saturated heterocycles. The lowest BCUT2D eigenvalue weighted by atomic mass is 10.1. The quantitative estimate of drug-likeness (QED) is 0.147. The van der Waals surface area contributed by atoms with Crippen molar-refractivity contribution < 1.29 is 4.74 Å². The molecule has 1 aliphatic heterocycles. The highest BCUT2D eigenvalue weighted by atomic mass is 127. The van der Waals surface area contributed by atoms with Crippen molar-refractivity contribution in [1.82, 2.24) is 20.5 Å². The van der Waals surface area contributed by atoms with Crippen molar-refractivity contribution in [2.75, 3.05) is 45.1 Å². The van der Waals surface area contributed by atoms with Gasteiger partial charge < -0.3 is 20.3 Å². The maximum Gasteiger partial charge on any atom is 0.191 e. The Morgan fingerprint density at radius 1 is 1.43 bits per heavy atom. The van der Waals surface area contributed by atoms with E-state index in [0.717, 1.165) is 74.6 Å². The van der Waals surface area contributed by atoms with Crippen LogP contribution in [0.1, 0.15) is 40.0 Å². The lowest BCUT2D eigenvalue weighted by Crippen LogP contribution is -2.49. The third-order valence-corrected chi connectivity index (χ3v) is 6.39. The number of rotatable bonds is 11. The molecule has 0 spiro atoms. The molecule has 1 aliphatic rings. The summed E-state index contributed by atoms with van der Waals surface area (Å²) in [6, 6.07) is 0.509. The Morgan fingerprint density at radius 3 is 2.86 bits per heavy atom. The lowest BCUT2D eigenvalue weighted by molar-refractivity contribution is 0.0532. The minimum absolute atomic E-state index is 0. The molecule has 0 saturated carbocycles. The van der Waals surface area contributed by atoms with Gasteiger partial charge in [-0.25, -0.2) is 4.98 Å². The first kappa shape index (κ1) is 25.9. The van der Waals surface area contributed by atoms with Crippen LogP contribution in [0, 0.1) is 0 Å². The van der Waals surface area contributed by atoms with Crippen molar-refractivity contribution in [2.45, 2.75) is 56.5 Å². The summed E-state index contributed by atoms with van der Waals surface area (Å²) in [7, 11) is 0. The number of likely N-dealkylation sites (tertiary alicyclic amines) is 1. The van der Waals surface area contributed by atoms with Crippen molar-refractivity contribution in [3.05, 3.63) is 11.6 Å². The molecule has 2 N–H and O–H groups in total. The van der Waals surface area contributed by atoms with Gasteiger partial charge in [-0.3, -0.25) is 4.99 Å². The van der Waals surface area contributed by atoms with E-state index in [1.807, 2.05) is 23.3 Å². The number of thiazole rings is 1. The van der Waals surface area contributed by atoms with Gasteiger partial charge in [0, 0.05) is 56.1 Å². The van der Waals surface area contributed by atoms with Crippen LogP contribution >= 0.6 is 47.1 Å². The molecule has 0 aliphatic carbocycles. The standard InChI is InChI=1S/C19H35N5OS2.HI/c1-4-20-18(21-8-5-14-26-19-22-9-15-27-19)23-17-6-10-24(11-7-17)12-13-25-16(2)3;/h9,15-17H,4-8,10-14H2,1-3H3,(H2,20,21,23);1H. The first-order chi connectivity index (χ1) is 13.2. The maximum atomic E-state index is 5.66. The Kier molecular flexibility index (Phi) is 14.5. The second-order valence-corrected chi connectivity index (χ2v) is 9.18. The summed E-state index contributed by atoms with van der Waals surface area (Å²) in [5, 5.41) is 9.02. The minimum Gasteiger partial charge on any atom is -0.377 e. The average Bonchev–Trinajstić information content (AvgIpc) is 3.16. The molecule has 28 heavy (non-hydrogen) atoms. The maximum absolute atomic E-state index is 5.66. The Balaban J connectivity index is 0.00000392. The van der Waals surface area contributed by atoms with E-state index < -0.39 is 0 Å². The number of ether oxygens (including phenoxy) is 1. The smallest absolute Gasteiger partial charge is 0.191 e. The molecule has 0 aromatic carbocycles. The molecule has 9 heteroatoms. The van der Waals surface area contributed by atoms with Crippen molar-refractivity contribution in [3.63, 3.8) is 0 Å². The topological polar surface area (TPSA) is 61.8 Å². The fraction of sp³-hybridized carbons (Fsp3) is 0.789. The largest absolute Gasteiger partial charge is 0.377 e. The van der Waals surface area contributed by atoms with Crippen LogP contribution in [0.15, 0.2) is 20.9 Å². The van der Waals surface area contributed by atoms with Crippen LogP contribution in [0.25, 0.3) is 0 Å². The number of nitrogens with one attached hydrogen (secondary N) is 2. The number of piperidine rings is 1. The second-order valence-electron chi connectivity index (χ2n) is 6.94. The van der Waals surface area contributed by atoms with Gasteiger partial charge in [0.25, 0.3) is 0 Å². The summed E-state index contributed by atoms with van der Waals surface area (Å²) < 4.78 is 6.81. The fourth-order valence-electron chi connectivity index (χ4n) is 2.93. The van der Waals surface area contributed by atoms with E-state index in [-0.39, 0.29) is 24.0 Å². The molecule has 0 atom stereocenters. The Hall–Kier alpha value is -0.100. The molecule has 0 bridgehead atoms. The van der Waals surface area contributed by atoms with E-state index in [2.05, 4.69) is 41.3 Å². The number of aromatic nitrogens is 1. The van der Waals surface area contributed by atoms with Gasteiger partial charge in [0.1, 0.15) is 4.34 Å². The molecule has 1 fully saturated rings. The summed E-state index contributed by atoms with van der Waals surface area (Å²) in [4.78, 5) is 11.5. The zero-order chi connectivity index (χ0) is 19.3. The number of halogens is 1. The molecule has 1 aromatic heterocycles. The highest BCUT2D eigenvalue weighted by Gasteiger charge is 2.19. The highest BCUT2D eigenvalue weighted by molar-refractivity contribution is 14.0. The van der Waals surface area contributed by atoms with Gasteiger partial charge in [0.15, 0.2) is 5.96 Å². The molecule has 2 rings (SSSR count). The summed E-state index contributed by atoms with van der Waals surface area (Å²) in [6.07, 6.45) is 5.57. The lowest BCUT2D eigenvalue weighted by Gasteiger charge is -2.33. The molecule has 0 radical (unpaired) electrons. The number of nitrogens with zero attached hydrogens (tertiary/aromatic N) is 3. The summed E-state index contributed by atoms with van der Waals surface area (Å²) in [5.41, 5.74) is 0. The van der Waals surface area contributed by atoms with Crippen LogP contribution in [0.5, 0.6) is 0 Å². The van der Waals surface area contributed by atoms with Crippen molar-refractivity contribution in [2.24, 2.45) is 4.99 Å². The van der Waals surface area contributed by atoms with Crippen LogP contribution in [-0.4, -0.2) is 73.1 Å². The van der Waals surface area contributed by atoms with Gasteiger partial charge >= 0.3 is 0 Å². The predicted molar refractivity (Wildman–Crippen MR) is 133 cm³/mol. The Labute approximate surface area is 195 Å². The van der Waals surface area contributed by atoms with E-state index in [9.17, 15) is 0 Å². The number of thioether (sulfide) groups is 1. The normalized spacial score (nSPS) is 16.2. The number of aliphatic imine (C=N–C) groups is 1. The summed E-state index contributed by atoms with van der Waals surface area (Å²) in [5.74, 6) is 2.02. The second kappa shape index (κ2) is 15.7. The number of hydrogen-bond acceptors (Lipinski definition) is 6. The predicted octanol–water partition coefficient (Wildman–Crippen LogP) is 3.69. The molecular formula is C19H36IN5OS2. The van der Waals surface area contributed by atoms with Gasteiger partial charge in [-0.2, -0.15) is 0 Å². The minimum atomic E-state index is 0. The molecule has 2 heterocycles. The van der Waals surface area contributed by atoms with Crippen LogP contribution in [0.2, 0.25) is 0 Å². The van der Waals surface area contributed by atoms with E-state index in [4.69, 9.17) is 9.73 Å². The summed E-state index contributed by atoms with van der Waals surface area (Å²) >= 11 is 3.52. The van der Waals surface area contributed by atoms with Gasteiger partial charge in [-0.15, -0.1) is 35.3 Å². The molecule has 6 nitrogen and oxygen atoms in total. The van der Waals surface area contributed by atoms with Crippen LogP contribution in [-0.2, 0) is 4.74 Å². The van der Waals surface area contributed by atoms with Crippen molar-refractivity contribution in [1.29, 1.82) is 0 Å². The van der Waals surface area contributed by atoms with Crippen LogP contribution < -0.4 is 10.6 Å². The first-order valence-corrected chi connectivity index (χ1v) is 11.9. The van der Waals surface area contributed by atoms with Gasteiger partial charge in [-0.05, 0) is 40.0 Å². The van der Waals surface area contributed by atoms with Crippen LogP contribution in [0.3, 0.4) is 0 Å². The number of hydrogen-bond donors (Lipinski definition) is 2. The first-order valence-electron chi connectivity index (χ1n) is 10.1. The van der Waals surface area contributed by atoms with E-state index in [1.165, 1.54) is 0 Å². The van der Waals surface area contributed by atoms with Crippen molar-refractivity contribution in [3.8, 4) is 0 Å². The molecular weight excluding hydrogens is 505 g/mol. The Morgan fingerprint density at radius 2 is 2.21 bits per heavy atom. The third kappa shape index (κ3) is 11.2. The fourth-order valence-corrected chi connectivity index (χ4v) is 4.56. The molecule has 1 aromatic rings. The SMILES string of the molecule is CCNC(=NCCCSc1nccs1)NC1CCN(CCOC(C)C)CC1.I. The third-order valence-electron chi connectivity index (χ3n) is 4.34. The van der Waals surface area contributed by atoms with E-state index in [1.54, 1.807) is 11.3 Å².